The molecular weight excluding hydrogens is 360 g/mol. The lowest BCUT2D eigenvalue weighted by molar-refractivity contribution is -0.138. The highest BCUT2D eigenvalue weighted by Crippen LogP contribution is 2.26. The summed E-state index contributed by atoms with van der Waals surface area (Å²) in [5, 5.41) is 38.7. The largest absolute Gasteiger partial charge is 0.481 e. The van der Waals surface area contributed by atoms with Crippen molar-refractivity contribution in [3.8, 4) is 0 Å². The molecule has 1 aliphatic rings. The zero-order valence-corrected chi connectivity index (χ0v) is 16.6. The van der Waals surface area contributed by atoms with Gasteiger partial charge in [0.25, 0.3) is 0 Å². The minimum atomic E-state index is -0.956. The maximum Gasteiger partial charge on any atom is 0.303 e. The summed E-state index contributed by atoms with van der Waals surface area (Å²) < 4.78 is 5.56. The minimum absolute atomic E-state index is 0.0872. The van der Waals surface area contributed by atoms with Crippen molar-refractivity contribution in [1.29, 1.82) is 0 Å². The van der Waals surface area contributed by atoms with Crippen LogP contribution in [-0.2, 0) is 9.53 Å². The van der Waals surface area contributed by atoms with E-state index in [0.717, 1.165) is 19.3 Å². The summed E-state index contributed by atoms with van der Waals surface area (Å²) in [6.07, 6.45) is 15.3. The van der Waals surface area contributed by atoms with Crippen molar-refractivity contribution < 1.29 is 30.0 Å². The number of ether oxygens (including phenoxy) is 1. The zero-order valence-electron chi connectivity index (χ0n) is 16.6. The average Bonchev–Trinajstić information content (AvgIpc) is 3.04. The molecule has 0 radical (unpaired) electrons. The standard InChI is InChI=1S/C22H34O6/c1-2-3-4-5-6-7-8-9-10-11-17(23)12-13-18(24)21-16-19(25)20(28-21)14-15-22(26)27/h3-4,6-7,9-10,12-13,17-21,23-25H,2,5,8,11,14-16H2,1H3,(H,26,27)/b4-3-,7-6-,10-9-,13-12+/t17-,18-,19-,20+,21+/m0/s1. The van der Waals surface area contributed by atoms with E-state index in [9.17, 15) is 20.1 Å². The molecule has 6 heteroatoms. The Morgan fingerprint density at radius 3 is 2.36 bits per heavy atom. The number of allylic oxidation sites excluding steroid dienone is 5. The highest BCUT2D eigenvalue weighted by atomic mass is 16.5. The van der Waals surface area contributed by atoms with Gasteiger partial charge in [-0.25, -0.2) is 0 Å². The summed E-state index contributed by atoms with van der Waals surface area (Å²) in [7, 11) is 0. The van der Waals surface area contributed by atoms with Gasteiger partial charge < -0.3 is 25.2 Å². The molecule has 1 saturated heterocycles. The third-order valence-electron chi connectivity index (χ3n) is 4.46. The second-order valence-electron chi connectivity index (χ2n) is 6.92. The lowest BCUT2D eigenvalue weighted by Gasteiger charge is -2.16. The number of carbonyl (C=O) groups is 1. The fourth-order valence-corrected chi connectivity index (χ4v) is 2.90. The Bertz CT molecular complexity index is 551. The smallest absolute Gasteiger partial charge is 0.303 e. The third kappa shape index (κ3) is 10.6. The van der Waals surface area contributed by atoms with E-state index in [0.29, 0.717) is 6.42 Å². The van der Waals surface area contributed by atoms with Gasteiger partial charge in [-0.3, -0.25) is 4.79 Å². The van der Waals surface area contributed by atoms with E-state index in [1.54, 1.807) is 0 Å². The van der Waals surface area contributed by atoms with Gasteiger partial charge in [-0.1, -0.05) is 55.5 Å². The Morgan fingerprint density at radius 2 is 1.71 bits per heavy atom. The Labute approximate surface area is 167 Å². The van der Waals surface area contributed by atoms with Gasteiger partial charge in [0.15, 0.2) is 0 Å². The normalized spacial score (nSPS) is 25.5. The van der Waals surface area contributed by atoms with Gasteiger partial charge >= 0.3 is 5.97 Å². The third-order valence-corrected chi connectivity index (χ3v) is 4.46. The van der Waals surface area contributed by atoms with Crippen molar-refractivity contribution in [3.63, 3.8) is 0 Å². The highest BCUT2D eigenvalue weighted by molar-refractivity contribution is 5.66. The zero-order chi connectivity index (χ0) is 20.8. The first-order valence-corrected chi connectivity index (χ1v) is 9.98. The SMILES string of the molecule is CC/C=C\C/C=C\C/C=C\C[C@H](O)/C=C/[C@H](O)[C@H]1C[C@H](O)[C@@H](CCC(=O)O)O1. The second-order valence-corrected chi connectivity index (χ2v) is 6.92. The van der Waals surface area contributed by atoms with Gasteiger partial charge in [0, 0.05) is 12.8 Å². The number of hydrogen-bond donors (Lipinski definition) is 4. The van der Waals surface area contributed by atoms with Crippen molar-refractivity contribution in [1.82, 2.24) is 0 Å². The lowest BCUT2D eigenvalue weighted by Crippen LogP contribution is -2.25. The monoisotopic (exact) mass is 394 g/mol. The van der Waals surface area contributed by atoms with E-state index in [-0.39, 0.29) is 19.3 Å². The molecule has 1 aliphatic heterocycles. The van der Waals surface area contributed by atoms with E-state index in [1.165, 1.54) is 12.2 Å². The van der Waals surface area contributed by atoms with Crippen molar-refractivity contribution in [3.05, 3.63) is 48.6 Å². The summed E-state index contributed by atoms with van der Waals surface area (Å²) in [4.78, 5) is 10.6. The number of rotatable bonds is 13. The highest BCUT2D eigenvalue weighted by Gasteiger charge is 2.36. The van der Waals surface area contributed by atoms with E-state index in [2.05, 4.69) is 31.2 Å². The molecule has 0 aromatic rings. The van der Waals surface area contributed by atoms with Crippen LogP contribution < -0.4 is 0 Å². The van der Waals surface area contributed by atoms with Crippen molar-refractivity contribution in [2.45, 2.75) is 82.4 Å². The maximum absolute atomic E-state index is 10.6. The fraction of sp³-hybridized carbons (Fsp3) is 0.591. The van der Waals surface area contributed by atoms with E-state index < -0.39 is 36.5 Å². The van der Waals surface area contributed by atoms with Crippen LogP contribution in [0.5, 0.6) is 0 Å². The molecule has 1 fully saturated rings. The van der Waals surface area contributed by atoms with Gasteiger partial charge in [-0.05, 0) is 32.1 Å². The quantitative estimate of drug-likeness (QED) is 0.358. The van der Waals surface area contributed by atoms with E-state index in [1.807, 2.05) is 12.2 Å². The number of carboxylic acid groups (broad SMARTS) is 1. The van der Waals surface area contributed by atoms with Crippen molar-refractivity contribution >= 4 is 5.97 Å². The van der Waals surface area contributed by atoms with E-state index in [4.69, 9.17) is 9.84 Å². The van der Waals surface area contributed by atoms with Gasteiger partial charge in [-0.15, -0.1) is 0 Å². The number of aliphatic hydroxyl groups excluding tert-OH is 3. The average molecular weight is 395 g/mol. The van der Waals surface area contributed by atoms with Crippen LogP contribution in [0.15, 0.2) is 48.6 Å². The Balaban J connectivity index is 2.28. The summed E-state index contributed by atoms with van der Waals surface area (Å²) in [5.41, 5.74) is 0. The number of carboxylic acids is 1. The topological polar surface area (TPSA) is 107 Å². The first-order chi connectivity index (χ1) is 13.4. The maximum atomic E-state index is 10.6. The molecule has 0 amide bonds. The molecule has 1 heterocycles. The van der Waals surface area contributed by atoms with Crippen LogP contribution in [0.2, 0.25) is 0 Å². The molecule has 0 unspecified atom stereocenters. The Kier molecular flexibility index (Phi) is 12.4. The van der Waals surface area contributed by atoms with Crippen molar-refractivity contribution in [2.75, 3.05) is 0 Å². The molecule has 158 valence electrons. The summed E-state index contributed by atoms with van der Waals surface area (Å²) in [6, 6.07) is 0. The van der Waals surface area contributed by atoms with Crippen LogP contribution in [0.1, 0.15) is 51.9 Å². The fourth-order valence-electron chi connectivity index (χ4n) is 2.90. The number of aliphatic hydroxyl groups is 3. The van der Waals surface area contributed by atoms with Crippen LogP contribution in [-0.4, -0.2) is 56.9 Å². The Hall–Kier alpha value is -1.73. The molecule has 0 bridgehead atoms. The molecule has 28 heavy (non-hydrogen) atoms. The molecule has 0 aliphatic carbocycles. The first-order valence-electron chi connectivity index (χ1n) is 9.98. The molecule has 0 spiro atoms. The van der Waals surface area contributed by atoms with E-state index >= 15 is 0 Å². The van der Waals surface area contributed by atoms with Gasteiger partial charge in [0.05, 0.1) is 30.5 Å². The van der Waals surface area contributed by atoms with Crippen molar-refractivity contribution in [2.24, 2.45) is 0 Å². The van der Waals surface area contributed by atoms with Crippen LogP contribution in [0.25, 0.3) is 0 Å². The second kappa shape index (κ2) is 14.3. The molecule has 0 saturated carbocycles. The van der Waals surface area contributed by atoms with Crippen LogP contribution in [0.3, 0.4) is 0 Å². The Morgan fingerprint density at radius 1 is 1.07 bits per heavy atom. The lowest BCUT2D eigenvalue weighted by atomic mass is 10.0. The summed E-state index contributed by atoms with van der Waals surface area (Å²) >= 11 is 0. The van der Waals surface area contributed by atoms with Crippen LogP contribution >= 0.6 is 0 Å². The van der Waals surface area contributed by atoms with Crippen LogP contribution in [0, 0.1) is 0 Å². The molecule has 6 nitrogen and oxygen atoms in total. The predicted molar refractivity (Wildman–Crippen MR) is 109 cm³/mol. The molecule has 0 aromatic carbocycles. The predicted octanol–water partition coefficient (Wildman–Crippen LogP) is 2.90. The van der Waals surface area contributed by atoms with Crippen LogP contribution in [0.4, 0.5) is 0 Å². The molecule has 1 rings (SSSR count). The van der Waals surface area contributed by atoms with Gasteiger partial charge in [0.1, 0.15) is 0 Å². The first kappa shape index (κ1) is 24.3. The molecule has 0 aromatic heterocycles. The number of hydrogen-bond acceptors (Lipinski definition) is 5. The summed E-state index contributed by atoms with van der Waals surface area (Å²) in [6.45, 7) is 2.10. The molecule has 5 atom stereocenters. The molecular formula is C22H34O6. The summed E-state index contributed by atoms with van der Waals surface area (Å²) in [5.74, 6) is -0.945. The minimum Gasteiger partial charge on any atom is -0.481 e. The molecule has 4 N–H and O–H groups in total. The number of aliphatic carboxylic acids is 1. The van der Waals surface area contributed by atoms with Gasteiger partial charge in [0.2, 0.25) is 0 Å². The van der Waals surface area contributed by atoms with Gasteiger partial charge in [-0.2, -0.15) is 0 Å².